The molecular formula is C15H13NO4. The van der Waals surface area contributed by atoms with Crippen LogP contribution in [0.15, 0.2) is 48.5 Å². The number of carbonyl (C=O) groups is 1. The predicted molar refractivity (Wildman–Crippen MR) is 73.7 cm³/mol. The molecule has 0 aromatic heterocycles. The van der Waals surface area contributed by atoms with Gasteiger partial charge in [0.15, 0.2) is 0 Å². The molecule has 102 valence electrons. The minimum absolute atomic E-state index is 0.0509. The summed E-state index contributed by atoms with van der Waals surface area (Å²) >= 11 is 0. The fourth-order valence-corrected chi connectivity index (χ4v) is 2.08. The minimum Gasteiger partial charge on any atom is -0.481 e. The highest BCUT2D eigenvalue weighted by Gasteiger charge is 2.12. The summed E-state index contributed by atoms with van der Waals surface area (Å²) < 4.78 is 0. The number of rotatable bonds is 5. The quantitative estimate of drug-likeness (QED) is 0.669. The molecule has 0 aliphatic rings. The zero-order valence-corrected chi connectivity index (χ0v) is 10.7. The Hall–Kier alpha value is -2.69. The molecule has 0 heterocycles. The molecule has 0 saturated heterocycles. The van der Waals surface area contributed by atoms with Crippen LogP contribution in [0.4, 0.5) is 5.69 Å². The van der Waals surface area contributed by atoms with Gasteiger partial charge in [-0.15, -0.1) is 0 Å². The maximum absolute atomic E-state index is 11.0. The molecule has 1 N–H and O–H groups in total. The molecule has 5 heteroatoms. The first-order chi connectivity index (χ1) is 9.56. The molecule has 0 aliphatic carbocycles. The van der Waals surface area contributed by atoms with E-state index in [1.807, 2.05) is 6.07 Å². The van der Waals surface area contributed by atoms with E-state index >= 15 is 0 Å². The lowest BCUT2D eigenvalue weighted by atomic mass is 10.0. The number of nitro benzene ring substituents is 1. The first-order valence-corrected chi connectivity index (χ1v) is 6.08. The Labute approximate surface area is 115 Å². The lowest BCUT2D eigenvalue weighted by Crippen LogP contribution is -2.01. The summed E-state index contributed by atoms with van der Waals surface area (Å²) in [5.41, 5.74) is 2.24. The van der Waals surface area contributed by atoms with Crippen molar-refractivity contribution in [3.05, 3.63) is 75.3 Å². The van der Waals surface area contributed by atoms with Gasteiger partial charge in [0.25, 0.3) is 5.69 Å². The van der Waals surface area contributed by atoms with Gasteiger partial charge in [0, 0.05) is 18.1 Å². The summed E-state index contributed by atoms with van der Waals surface area (Å²) in [5, 5.41) is 19.7. The summed E-state index contributed by atoms with van der Waals surface area (Å²) in [6.45, 7) is 0. The van der Waals surface area contributed by atoms with Gasteiger partial charge in [0.2, 0.25) is 0 Å². The van der Waals surface area contributed by atoms with Crippen molar-refractivity contribution in [2.24, 2.45) is 0 Å². The second-order valence-corrected chi connectivity index (χ2v) is 4.45. The molecule has 0 amide bonds. The highest BCUT2D eigenvalue weighted by atomic mass is 16.6. The molecule has 0 bridgehead atoms. The van der Waals surface area contributed by atoms with Crippen LogP contribution in [-0.2, 0) is 17.6 Å². The van der Waals surface area contributed by atoms with Crippen LogP contribution in [-0.4, -0.2) is 16.0 Å². The van der Waals surface area contributed by atoms with Crippen LogP contribution in [0.2, 0.25) is 0 Å². The van der Waals surface area contributed by atoms with Gasteiger partial charge in [-0.3, -0.25) is 14.9 Å². The van der Waals surface area contributed by atoms with Gasteiger partial charge < -0.3 is 5.11 Å². The highest BCUT2D eigenvalue weighted by Crippen LogP contribution is 2.21. The number of nitro groups is 1. The number of aliphatic carboxylic acids is 1. The molecule has 0 unspecified atom stereocenters. The fraction of sp³-hybridized carbons (Fsp3) is 0.133. The average Bonchev–Trinajstić information content (AvgIpc) is 2.38. The number of benzene rings is 2. The Kier molecular flexibility index (Phi) is 4.10. The number of carboxylic acid groups (broad SMARTS) is 1. The molecule has 0 saturated carbocycles. The molecule has 5 nitrogen and oxygen atoms in total. The maximum atomic E-state index is 11.0. The van der Waals surface area contributed by atoms with Crippen LogP contribution in [0, 0.1) is 10.1 Å². The van der Waals surface area contributed by atoms with Crippen molar-refractivity contribution in [1.82, 2.24) is 0 Å². The maximum Gasteiger partial charge on any atom is 0.307 e. The van der Waals surface area contributed by atoms with Crippen LogP contribution in [0.25, 0.3) is 0 Å². The number of hydrogen-bond donors (Lipinski definition) is 1. The summed E-state index contributed by atoms with van der Waals surface area (Å²) in [5.74, 6) is -0.896. The molecular weight excluding hydrogens is 258 g/mol. The van der Waals surface area contributed by atoms with Crippen LogP contribution >= 0.6 is 0 Å². The summed E-state index contributed by atoms with van der Waals surface area (Å²) in [6, 6.07) is 13.7. The normalized spacial score (nSPS) is 10.2. The molecule has 0 aliphatic heterocycles. The van der Waals surface area contributed by atoms with Crippen LogP contribution < -0.4 is 0 Å². The van der Waals surface area contributed by atoms with E-state index in [-0.39, 0.29) is 12.1 Å². The average molecular weight is 271 g/mol. The second-order valence-electron chi connectivity index (χ2n) is 4.45. The summed E-state index contributed by atoms with van der Waals surface area (Å²) in [6.07, 6.45) is 0.356. The zero-order chi connectivity index (χ0) is 14.5. The summed E-state index contributed by atoms with van der Waals surface area (Å²) in [4.78, 5) is 21.2. The molecule has 0 spiro atoms. The van der Waals surface area contributed by atoms with E-state index in [0.29, 0.717) is 17.5 Å². The van der Waals surface area contributed by atoms with Gasteiger partial charge in [-0.25, -0.2) is 0 Å². The molecule has 0 fully saturated rings. The molecule has 2 aromatic rings. The molecule has 0 radical (unpaired) electrons. The van der Waals surface area contributed by atoms with Gasteiger partial charge in [0.05, 0.1) is 11.3 Å². The van der Waals surface area contributed by atoms with Gasteiger partial charge in [-0.05, 0) is 11.1 Å². The molecule has 2 rings (SSSR count). The van der Waals surface area contributed by atoms with E-state index in [4.69, 9.17) is 5.11 Å². The van der Waals surface area contributed by atoms with Gasteiger partial charge in [-0.1, -0.05) is 42.5 Å². The smallest absolute Gasteiger partial charge is 0.307 e. The van der Waals surface area contributed by atoms with E-state index in [1.54, 1.807) is 36.4 Å². The van der Waals surface area contributed by atoms with E-state index in [1.165, 1.54) is 6.07 Å². The molecule has 0 atom stereocenters. The van der Waals surface area contributed by atoms with Crippen molar-refractivity contribution in [3.63, 3.8) is 0 Å². The first-order valence-electron chi connectivity index (χ1n) is 6.08. The second kappa shape index (κ2) is 5.97. The van der Waals surface area contributed by atoms with Gasteiger partial charge in [-0.2, -0.15) is 0 Å². The fourth-order valence-electron chi connectivity index (χ4n) is 2.08. The number of hydrogen-bond acceptors (Lipinski definition) is 3. The lowest BCUT2D eigenvalue weighted by Gasteiger charge is -2.05. The topological polar surface area (TPSA) is 80.4 Å². The zero-order valence-electron chi connectivity index (χ0n) is 10.7. The van der Waals surface area contributed by atoms with Gasteiger partial charge >= 0.3 is 5.97 Å². The number of para-hydroxylation sites is 1. The van der Waals surface area contributed by atoms with Crippen LogP contribution in [0.3, 0.4) is 0 Å². The SMILES string of the molecule is O=C(O)Cc1cccc(Cc2ccccc2[N+](=O)[O-])c1. The third kappa shape index (κ3) is 3.41. The Morgan fingerprint density at radius 3 is 2.50 bits per heavy atom. The van der Waals surface area contributed by atoms with Crippen molar-refractivity contribution in [2.75, 3.05) is 0 Å². The Balaban J connectivity index is 2.26. The largest absolute Gasteiger partial charge is 0.481 e. The molecule has 2 aromatic carbocycles. The predicted octanol–water partition coefficient (Wildman–Crippen LogP) is 2.81. The van der Waals surface area contributed by atoms with E-state index < -0.39 is 10.9 Å². The summed E-state index contributed by atoms with van der Waals surface area (Å²) in [7, 11) is 0. The third-order valence-corrected chi connectivity index (χ3v) is 2.93. The van der Waals surface area contributed by atoms with Gasteiger partial charge in [0.1, 0.15) is 0 Å². The first kappa shape index (κ1) is 13.7. The van der Waals surface area contributed by atoms with Crippen molar-refractivity contribution < 1.29 is 14.8 Å². The van der Waals surface area contributed by atoms with Crippen molar-refractivity contribution in [3.8, 4) is 0 Å². The van der Waals surface area contributed by atoms with Crippen molar-refractivity contribution >= 4 is 11.7 Å². The van der Waals surface area contributed by atoms with Crippen molar-refractivity contribution in [1.29, 1.82) is 0 Å². The third-order valence-electron chi connectivity index (χ3n) is 2.93. The number of carboxylic acids is 1. The number of nitrogens with zero attached hydrogens (tertiary/aromatic N) is 1. The van der Waals surface area contributed by atoms with Crippen LogP contribution in [0.5, 0.6) is 0 Å². The lowest BCUT2D eigenvalue weighted by molar-refractivity contribution is -0.385. The van der Waals surface area contributed by atoms with E-state index in [0.717, 1.165) is 5.56 Å². The van der Waals surface area contributed by atoms with Crippen molar-refractivity contribution in [2.45, 2.75) is 12.8 Å². The minimum atomic E-state index is -0.896. The Morgan fingerprint density at radius 2 is 1.80 bits per heavy atom. The Morgan fingerprint density at radius 1 is 1.10 bits per heavy atom. The highest BCUT2D eigenvalue weighted by molar-refractivity contribution is 5.70. The monoisotopic (exact) mass is 271 g/mol. The Bertz CT molecular complexity index is 652. The molecule has 20 heavy (non-hydrogen) atoms. The standard InChI is InChI=1S/C15H13NO4/c17-15(18)10-12-5-3-4-11(8-12)9-13-6-1-2-7-14(13)16(19)20/h1-8H,9-10H2,(H,17,18). The van der Waals surface area contributed by atoms with E-state index in [9.17, 15) is 14.9 Å². The van der Waals surface area contributed by atoms with E-state index in [2.05, 4.69) is 0 Å². The van der Waals surface area contributed by atoms with Crippen LogP contribution in [0.1, 0.15) is 16.7 Å².